The number of ether oxygens (including phenoxy) is 1. The average Bonchev–Trinajstić information content (AvgIpc) is 2.48. The van der Waals surface area contributed by atoms with Crippen molar-refractivity contribution in [2.75, 3.05) is 33.4 Å². The van der Waals surface area contributed by atoms with Gasteiger partial charge in [-0.05, 0) is 18.4 Å². The molecule has 1 aliphatic heterocycles. The summed E-state index contributed by atoms with van der Waals surface area (Å²) < 4.78 is 5.42. The molecule has 104 valence electrons. The largest absolute Gasteiger partial charge is 0.395 e. The maximum atomic E-state index is 12.8. The van der Waals surface area contributed by atoms with Gasteiger partial charge in [0, 0.05) is 26.8 Å². The Labute approximate surface area is 114 Å². The Bertz CT molecular complexity index is 413. The SMILES string of the molecule is CN(CCO)C(=O)C1(c2ccccc2)CCOCC1. The molecule has 0 bridgehead atoms. The van der Waals surface area contributed by atoms with E-state index in [9.17, 15) is 4.79 Å². The molecule has 4 nitrogen and oxygen atoms in total. The molecule has 1 aliphatic rings. The van der Waals surface area contributed by atoms with Crippen molar-refractivity contribution in [1.29, 1.82) is 0 Å². The summed E-state index contributed by atoms with van der Waals surface area (Å²) in [6, 6.07) is 9.90. The molecule has 1 heterocycles. The minimum absolute atomic E-state index is 0.0103. The maximum Gasteiger partial charge on any atom is 0.233 e. The molecule has 0 saturated carbocycles. The molecule has 2 rings (SSSR count). The van der Waals surface area contributed by atoms with Crippen LogP contribution in [0.3, 0.4) is 0 Å². The van der Waals surface area contributed by atoms with Crippen molar-refractivity contribution in [3.8, 4) is 0 Å². The fraction of sp³-hybridized carbons (Fsp3) is 0.533. The molecule has 1 amide bonds. The number of carbonyl (C=O) groups is 1. The quantitative estimate of drug-likeness (QED) is 0.887. The van der Waals surface area contributed by atoms with Gasteiger partial charge in [-0.2, -0.15) is 0 Å². The smallest absolute Gasteiger partial charge is 0.233 e. The molecule has 1 fully saturated rings. The lowest BCUT2D eigenvalue weighted by Crippen LogP contribution is -2.49. The summed E-state index contributed by atoms with van der Waals surface area (Å²) in [6.45, 7) is 1.57. The molecule has 0 unspecified atom stereocenters. The highest BCUT2D eigenvalue weighted by Crippen LogP contribution is 2.36. The lowest BCUT2D eigenvalue weighted by atomic mass is 9.73. The number of carbonyl (C=O) groups excluding carboxylic acids is 1. The van der Waals surface area contributed by atoms with Gasteiger partial charge < -0.3 is 14.7 Å². The first kappa shape index (κ1) is 14.0. The predicted octanol–water partition coefficient (Wildman–Crippen LogP) is 1.19. The van der Waals surface area contributed by atoms with Crippen LogP contribution in [0.2, 0.25) is 0 Å². The van der Waals surface area contributed by atoms with Crippen molar-refractivity contribution in [2.45, 2.75) is 18.3 Å². The molecule has 0 spiro atoms. The third kappa shape index (κ3) is 2.80. The van der Waals surface area contributed by atoms with Gasteiger partial charge in [0.1, 0.15) is 0 Å². The number of hydrogen-bond acceptors (Lipinski definition) is 3. The minimum atomic E-state index is -0.497. The molecule has 0 atom stereocenters. The van der Waals surface area contributed by atoms with Crippen LogP contribution in [-0.2, 0) is 14.9 Å². The Hall–Kier alpha value is -1.39. The summed E-state index contributed by atoms with van der Waals surface area (Å²) in [5.74, 6) is 0.0797. The van der Waals surface area contributed by atoms with Gasteiger partial charge >= 0.3 is 0 Å². The van der Waals surface area contributed by atoms with Crippen LogP contribution in [0.4, 0.5) is 0 Å². The second-order valence-electron chi connectivity index (χ2n) is 5.01. The minimum Gasteiger partial charge on any atom is -0.395 e. The van der Waals surface area contributed by atoms with Gasteiger partial charge in [0.2, 0.25) is 5.91 Å². The summed E-state index contributed by atoms with van der Waals surface area (Å²) in [5.41, 5.74) is 0.553. The van der Waals surface area contributed by atoms with E-state index in [4.69, 9.17) is 9.84 Å². The Kier molecular flexibility index (Phi) is 4.56. The highest BCUT2D eigenvalue weighted by molar-refractivity contribution is 5.88. The Morgan fingerprint density at radius 3 is 2.53 bits per heavy atom. The van der Waals surface area contributed by atoms with E-state index in [-0.39, 0.29) is 12.5 Å². The maximum absolute atomic E-state index is 12.8. The summed E-state index contributed by atoms with van der Waals surface area (Å²) in [7, 11) is 1.75. The van der Waals surface area contributed by atoms with Gasteiger partial charge in [0.15, 0.2) is 0 Å². The van der Waals surface area contributed by atoms with Gasteiger partial charge in [0.25, 0.3) is 0 Å². The van der Waals surface area contributed by atoms with E-state index in [1.165, 1.54) is 0 Å². The average molecular weight is 263 g/mol. The van der Waals surface area contributed by atoms with Gasteiger partial charge in [-0.15, -0.1) is 0 Å². The zero-order valence-electron chi connectivity index (χ0n) is 11.3. The van der Waals surface area contributed by atoms with Crippen LogP contribution < -0.4 is 0 Å². The molecule has 0 aromatic heterocycles. The van der Waals surface area contributed by atoms with Crippen LogP contribution in [0.1, 0.15) is 18.4 Å². The number of amides is 1. The third-order valence-electron chi connectivity index (χ3n) is 3.86. The van der Waals surface area contributed by atoms with Crippen molar-refractivity contribution in [1.82, 2.24) is 4.90 Å². The Morgan fingerprint density at radius 1 is 1.32 bits per heavy atom. The lowest BCUT2D eigenvalue weighted by molar-refractivity contribution is -0.140. The van der Waals surface area contributed by atoms with Crippen molar-refractivity contribution < 1.29 is 14.6 Å². The molecule has 1 aromatic rings. The van der Waals surface area contributed by atoms with Crippen molar-refractivity contribution in [3.63, 3.8) is 0 Å². The van der Waals surface area contributed by atoms with E-state index in [2.05, 4.69) is 0 Å². The van der Waals surface area contributed by atoms with Gasteiger partial charge in [-0.3, -0.25) is 4.79 Å². The summed E-state index contributed by atoms with van der Waals surface area (Å²) >= 11 is 0. The van der Waals surface area contributed by atoms with Crippen LogP contribution >= 0.6 is 0 Å². The predicted molar refractivity (Wildman–Crippen MR) is 72.9 cm³/mol. The lowest BCUT2D eigenvalue weighted by Gasteiger charge is -2.39. The van der Waals surface area contributed by atoms with E-state index in [0.29, 0.717) is 32.6 Å². The normalized spacial score (nSPS) is 18.0. The van der Waals surface area contributed by atoms with Crippen LogP contribution in [-0.4, -0.2) is 49.3 Å². The number of hydrogen-bond donors (Lipinski definition) is 1. The zero-order chi connectivity index (χ0) is 13.7. The van der Waals surface area contributed by atoms with Crippen molar-refractivity contribution in [3.05, 3.63) is 35.9 Å². The van der Waals surface area contributed by atoms with Crippen LogP contribution in [0.15, 0.2) is 30.3 Å². The highest BCUT2D eigenvalue weighted by Gasteiger charge is 2.42. The van der Waals surface area contributed by atoms with E-state index >= 15 is 0 Å². The highest BCUT2D eigenvalue weighted by atomic mass is 16.5. The second kappa shape index (κ2) is 6.17. The molecule has 1 N–H and O–H groups in total. The summed E-state index contributed by atoms with van der Waals surface area (Å²) in [4.78, 5) is 14.4. The first-order chi connectivity index (χ1) is 9.20. The van der Waals surface area contributed by atoms with E-state index in [1.807, 2.05) is 30.3 Å². The first-order valence-electron chi connectivity index (χ1n) is 6.70. The van der Waals surface area contributed by atoms with Crippen molar-refractivity contribution >= 4 is 5.91 Å². The number of rotatable bonds is 4. The third-order valence-corrected chi connectivity index (χ3v) is 3.86. The molecular weight excluding hydrogens is 242 g/mol. The van der Waals surface area contributed by atoms with Gasteiger partial charge in [0.05, 0.1) is 12.0 Å². The second-order valence-corrected chi connectivity index (χ2v) is 5.01. The fourth-order valence-corrected chi connectivity index (χ4v) is 2.72. The molecule has 4 heteroatoms. The molecule has 19 heavy (non-hydrogen) atoms. The van der Waals surface area contributed by atoms with Crippen LogP contribution in [0.5, 0.6) is 0 Å². The van der Waals surface area contributed by atoms with E-state index in [0.717, 1.165) is 5.56 Å². The van der Waals surface area contributed by atoms with Crippen LogP contribution in [0.25, 0.3) is 0 Å². The van der Waals surface area contributed by atoms with Gasteiger partial charge in [-0.1, -0.05) is 30.3 Å². The standard InChI is InChI=1S/C15H21NO3/c1-16(9-10-17)14(18)15(7-11-19-12-8-15)13-5-3-2-4-6-13/h2-6,17H,7-12H2,1H3. The number of benzene rings is 1. The zero-order valence-corrected chi connectivity index (χ0v) is 11.3. The topological polar surface area (TPSA) is 49.8 Å². The number of aliphatic hydroxyl groups is 1. The molecule has 0 aliphatic carbocycles. The molecule has 1 saturated heterocycles. The molecular formula is C15H21NO3. The molecule has 1 aromatic carbocycles. The fourth-order valence-electron chi connectivity index (χ4n) is 2.72. The summed E-state index contributed by atoms with van der Waals surface area (Å²) in [6.07, 6.45) is 1.40. The first-order valence-corrected chi connectivity index (χ1v) is 6.70. The van der Waals surface area contributed by atoms with E-state index < -0.39 is 5.41 Å². The Morgan fingerprint density at radius 2 is 1.95 bits per heavy atom. The van der Waals surface area contributed by atoms with Crippen molar-refractivity contribution in [2.24, 2.45) is 0 Å². The van der Waals surface area contributed by atoms with Gasteiger partial charge in [-0.25, -0.2) is 0 Å². The number of nitrogens with zero attached hydrogens (tertiary/aromatic N) is 1. The monoisotopic (exact) mass is 263 g/mol. The number of likely N-dealkylation sites (N-methyl/N-ethyl adjacent to an activating group) is 1. The van der Waals surface area contributed by atoms with Crippen LogP contribution in [0, 0.1) is 0 Å². The Balaban J connectivity index is 2.32. The summed E-state index contributed by atoms with van der Waals surface area (Å²) in [5, 5.41) is 9.02. The van der Waals surface area contributed by atoms with E-state index in [1.54, 1.807) is 11.9 Å². The number of aliphatic hydroxyl groups excluding tert-OH is 1. The molecule has 0 radical (unpaired) electrons.